The molecule has 1 aliphatic carbocycles. The highest BCUT2D eigenvalue weighted by molar-refractivity contribution is 5.90. The smallest absolute Gasteiger partial charge is 0.269 e. The highest BCUT2D eigenvalue weighted by Crippen LogP contribution is 2.48. The number of amides is 1. The minimum absolute atomic E-state index is 0.0413. The van der Waals surface area contributed by atoms with E-state index < -0.39 is 5.91 Å². The van der Waals surface area contributed by atoms with E-state index in [9.17, 15) is 4.79 Å². The predicted octanol–water partition coefficient (Wildman–Crippen LogP) is 2.96. The Morgan fingerprint density at radius 3 is 2.39 bits per heavy atom. The molecule has 1 saturated carbocycles. The molecule has 0 radical (unpaired) electrons. The lowest BCUT2D eigenvalue weighted by atomic mass is 10.0. The van der Waals surface area contributed by atoms with Crippen molar-refractivity contribution in [2.24, 2.45) is 12.8 Å². The van der Waals surface area contributed by atoms with E-state index in [-0.39, 0.29) is 5.41 Å². The largest absolute Gasteiger partial charge is 0.493 e. The summed E-state index contributed by atoms with van der Waals surface area (Å²) in [5.41, 5.74) is 7.79. The summed E-state index contributed by atoms with van der Waals surface area (Å²) in [7, 11) is 1.84. The van der Waals surface area contributed by atoms with Gasteiger partial charge >= 0.3 is 0 Å². The SMILES string of the molecule is CC.Cc1ccc(OCC2(c3cc(C(N)=O)nn3C)CC2)cc1. The number of carbonyl (C=O) groups excluding carboxylic acids is 1. The van der Waals surface area contributed by atoms with Crippen molar-refractivity contribution >= 4 is 5.91 Å². The van der Waals surface area contributed by atoms with Crippen LogP contribution in [-0.2, 0) is 12.5 Å². The van der Waals surface area contributed by atoms with E-state index in [4.69, 9.17) is 10.5 Å². The van der Waals surface area contributed by atoms with Gasteiger partial charge in [-0.15, -0.1) is 0 Å². The van der Waals surface area contributed by atoms with E-state index in [1.807, 2.05) is 52.1 Å². The molecule has 1 aromatic carbocycles. The van der Waals surface area contributed by atoms with Crippen LogP contribution in [0.3, 0.4) is 0 Å². The Labute approximate surface area is 137 Å². The van der Waals surface area contributed by atoms with Gasteiger partial charge in [0.05, 0.1) is 6.61 Å². The lowest BCUT2D eigenvalue weighted by Gasteiger charge is -2.16. The summed E-state index contributed by atoms with van der Waals surface area (Å²) < 4.78 is 7.65. The van der Waals surface area contributed by atoms with Crippen molar-refractivity contribution in [3.8, 4) is 5.75 Å². The van der Waals surface area contributed by atoms with E-state index in [2.05, 4.69) is 5.10 Å². The molecule has 1 aromatic heterocycles. The molecule has 0 saturated heterocycles. The molecular formula is C18H25N3O2. The van der Waals surface area contributed by atoms with Crippen LogP contribution in [0.25, 0.3) is 0 Å². The monoisotopic (exact) mass is 315 g/mol. The Morgan fingerprint density at radius 1 is 1.30 bits per heavy atom. The molecule has 1 heterocycles. The molecule has 2 N–H and O–H groups in total. The van der Waals surface area contributed by atoms with Crippen LogP contribution >= 0.6 is 0 Å². The molecule has 0 atom stereocenters. The minimum Gasteiger partial charge on any atom is -0.493 e. The molecule has 1 aliphatic rings. The van der Waals surface area contributed by atoms with Gasteiger partial charge in [-0.1, -0.05) is 31.5 Å². The van der Waals surface area contributed by atoms with Crippen molar-refractivity contribution in [2.75, 3.05) is 6.61 Å². The van der Waals surface area contributed by atoms with Gasteiger partial charge in [0, 0.05) is 18.2 Å². The summed E-state index contributed by atoms with van der Waals surface area (Å²) in [6.07, 6.45) is 2.08. The van der Waals surface area contributed by atoms with Gasteiger partial charge in [0.2, 0.25) is 0 Å². The first-order chi connectivity index (χ1) is 11.0. The first-order valence-electron chi connectivity index (χ1n) is 8.04. The zero-order chi connectivity index (χ0) is 17.0. The maximum absolute atomic E-state index is 11.2. The van der Waals surface area contributed by atoms with Crippen LogP contribution in [0.15, 0.2) is 30.3 Å². The number of carbonyl (C=O) groups is 1. The third-order valence-corrected chi connectivity index (χ3v) is 4.07. The minimum atomic E-state index is -0.493. The van der Waals surface area contributed by atoms with Crippen LogP contribution in [0.2, 0.25) is 0 Å². The van der Waals surface area contributed by atoms with Crippen LogP contribution in [0, 0.1) is 6.92 Å². The highest BCUT2D eigenvalue weighted by atomic mass is 16.5. The van der Waals surface area contributed by atoms with Gasteiger partial charge in [0.1, 0.15) is 11.4 Å². The van der Waals surface area contributed by atoms with E-state index in [1.54, 1.807) is 10.7 Å². The van der Waals surface area contributed by atoms with Crippen LogP contribution in [0.5, 0.6) is 5.75 Å². The van der Waals surface area contributed by atoms with E-state index in [1.165, 1.54) is 5.56 Å². The highest BCUT2D eigenvalue weighted by Gasteiger charge is 2.48. The second-order valence-corrected chi connectivity index (χ2v) is 5.78. The van der Waals surface area contributed by atoms with Gasteiger partial charge in [-0.2, -0.15) is 5.10 Å². The topological polar surface area (TPSA) is 70.1 Å². The summed E-state index contributed by atoms with van der Waals surface area (Å²) in [6.45, 7) is 6.64. The molecule has 2 aromatic rings. The fourth-order valence-corrected chi connectivity index (χ4v) is 2.57. The number of benzene rings is 1. The quantitative estimate of drug-likeness (QED) is 0.922. The zero-order valence-electron chi connectivity index (χ0n) is 14.3. The van der Waals surface area contributed by atoms with Gasteiger partial charge in [-0.25, -0.2) is 0 Å². The number of hydrogen-bond donors (Lipinski definition) is 1. The summed E-state index contributed by atoms with van der Waals surface area (Å²) >= 11 is 0. The van der Waals surface area contributed by atoms with Crippen molar-refractivity contribution in [1.29, 1.82) is 0 Å². The fourth-order valence-electron chi connectivity index (χ4n) is 2.57. The Bertz CT molecular complexity index is 670. The van der Waals surface area contributed by atoms with E-state index in [0.717, 1.165) is 24.3 Å². The molecule has 0 aliphatic heterocycles. The third kappa shape index (κ3) is 3.73. The second-order valence-electron chi connectivity index (χ2n) is 5.78. The predicted molar refractivity (Wildman–Crippen MR) is 90.7 cm³/mol. The van der Waals surface area contributed by atoms with Gasteiger partial charge in [0.15, 0.2) is 0 Å². The number of hydrogen-bond acceptors (Lipinski definition) is 3. The molecule has 5 heteroatoms. The first-order valence-corrected chi connectivity index (χ1v) is 8.04. The number of aryl methyl sites for hydroxylation is 2. The van der Waals surface area contributed by atoms with Gasteiger partial charge in [-0.3, -0.25) is 9.48 Å². The molecule has 124 valence electrons. The maximum atomic E-state index is 11.2. The summed E-state index contributed by atoms with van der Waals surface area (Å²) in [4.78, 5) is 11.2. The van der Waals surface area contributed by atoms with Crippen LogP contribution < -0.4 is 10.5 Å². The lowest BCUT2D eigenvalue weighted by molar-refractivity contribution is 0.0995. The van der Waals surface area contributed by atoms with Crippen LogP contribution in [0.4, 0.5) is 0 Å². The third-order valence-electron chi connectivity index (χ3n) is 4.07. The summed E-state index contributed by atoms with van der Waals surface area (Å²) in [5, 5.41) is 4.17. The van der Waals surface area contributed by atoms with Crippen LogP contribution in [0.1, 0.15) is 48.4 Å². The van der Waals surface area contributed by atoms with E-state index in [0.29, 0.717) is 12.3 Å². The number of nitrogens with two attached hydrogens (primary N) is 1. The second kappa shape index (κ2) is 6.86. The van der Waals surface area contributed by atoms with Gasteiger partial charge in [0.25, 0.3) is 5.91 Å². The van der Waals surface area contributed by atoms with Crippen molar-refractivity contribution in [2.45, 2.75) is 39.0 Å². The Balaban J connectivity index is 0.000000924. The Hall–Kier alpha value is -2.30. The van der Waals surface area contributed by atoms with Gasteiger partial charge in [-0.05, 0) is 38.0 Å². The molecule has 3 rings (SSSR count). The molecule has 1 amide bonds. The Morgan fingerprint density at radius 2 is 1.91 bits per heavy atom. The molecule has 0 bridgehead atoms. The van der Waals surface area contributed by atoms with Crippen LogP contribution in [-0.4, -0.2) is 22.3 Å². The number of nitrogens with zero attached hydrogens (tertiary/aromatic N) is 2. The lowest BCUT2D eigenvalue weighted by Crippen LogP contribution is -2.21. The number of ether oxygens (including phenoxy) is 1. The molecule has 0 unspecified atom stereocenters. The normalized spacial score (nSPS) is 14.6. The average molecular weight is 315 g/mol. The number of aromatic nitrogens is 2. The molecule has 1 fully saturated rings. The average Bonchev–Trinajstić information content (AvgIpc) is 3.23. The Kier molecular flexibility index (Phi) is 5.08. The summed E-state index contributed by atoms with van der Waals surface area (Å²) in [5.74, 6) is 0.372. The molecule has 5 nitrogen and oxygen atoms in total. The van der Waals surface area contributed by atoms with Crippen molar-refractivity contribution < 1.29 is 9.53 Å². The fraction of sp³-hybridized carbons (Fsp3) is 0.444. The summed E-state index contributed by atoms with van der Waals surface area (Å²) in [6, 6.07) is 9.80. The van der Waals surface area contributed by atoms with Crippen molar-refractivity contribution in [3.05, 3.63) is 47.3 Å². The van der Waals surface area contributed by atoms with Gasteiger partial charge < -0.3 is 10.5 Å². The number of primary amides is 1. The maximum Gasteiger partial charge on any atom is 0.269 e. The molecular weight excluding hydrogens is 290 g/mol. The van der Waals surface area contributed by atoms with Crippen molar-refractivity contribution in [3.63, 3.8) is 0 Å². The molecule has 23 heavy (non-hydrogen) atoms. The molecule has 0 spiro atoms. The first kappa shape index (κ1) is 17.1. The van der Waals surface area contributed by atoms with E-state index >= 15 is 0 Å². The zero-order valence-corrected chi connectivity index (χ0v) is 14.3. The van der Waals surface area contributed by atoms with Crippen molar-refractivity contribution in [1.82, 2.24) is 9.78 Å². The standard InChI is InChI=1S/C16H19N3O2.C2H6/c1-11-3-5-12(6-4-11)21-10-16(7-8-16)14-9-13(15(17)20)18-19(14)2;1-2/h3-6,9H,7-8,10H2,1-2H3,(H2,17,20);1-2H3. The number of rotatable bonds is 5.